The maximum absolute atomic E-state index is 11.9. The second-order valence-corrected chi connectivity index (χ2v) is 6.49. The number of ether oxygens (including phenoxy) is 1. The van der Waals surface area contributed by atoms with Crippen LogP contribution in [0.4, 0.5) is 5.69 Å². The van der Waals surface area contributed by atoms with E-state index >= 15 is 0 Å². The molecule has 0 atom stereocenters. The van der Waals surface area contributed by atoms with Crippen molar-refractivity contribution in [3.63, 3.8) is 0 Å². The molecule has 4 nitrogen and oxygen atoms in total. The van der Waals surface area contributed by atoms with Crippen LogP contribution >= 0.6 is 35.0 Å². The standard InChI is InChI=1S/C18H15Cl2NO3S/c1-25-16-8-3-2-7-15(16)21-17(22)11-24-18(23)10-9-12-13(19)5-4-6-14(12)20/h2-10H,11H2,1H3,(H,21,22)/b10-9+. The van der Waals surface area contributed by atoms with Crippen LogP contribution in [0.25, 0.3) is 6.08 Å². The Balaban J connectivity index is 1.89. The van der Waals surface area contributed by atoms with Crippen LogP contribution < -0.4 is 5.32 Å². The molecule has 0 aliphatic rings. The average molecular weight is 396 g/mol. The molecule has 1 amide bonds. The lowest BCUT2D eigenvalue weighted by Gasteiger charge is -2.09. The SMILES string of the molecule is CSc1ccccc1NC(=O)COC(=O)/C=C/c1c(Cl)cccc1Cl. The summed E-state index contributed by atoms with van der Waals surface area (Å²) < 4.78 is 4.92. The monoisotopic (exact) mass is 395 g/mol. The lowest BCUT2D eigenvalue weighted by molar-refractivity contribution is -0.142. The molecule has 0 spiro atoms. The Labute approximate surface area is 160 Å². The van der Waals surface area contributed by atoms with Crippen LogP contribution in [0.1, 0.15) is 5.56 Å². The minimum atomic E-state index is -0.663. The molecule has 0 heterocycles. The smallest absolute Gasteiger partial charge is 0.331 e. The van der Waals surface area contributed by atoms with E-state index in [9.17, 15) is 9.59 Å². The Hall–Kier alpha value is -1.95. The third kappa shape index (κ3) is 5.81. The highest BCUT2D eigenvalue weighted by molar-refractivity contribution is 7.98. The summed E-state index contributed by atoms with van der Waals surface area (Å²) in [5, 5.41) is 3.54. The molecule has 1 N–H and O–H groups in total. The maximum atomic E-state index is 11.9. The Morgan fingerprint density at radius 1 is 1.12 bits per heavy atom. The van der Waals surface area contributed by atoms with E-state index in [0.29, 0.717) is 21.3 Å². The van der Waals surface area contributed by atoms with E-state index in [1.165, 1.54) is 23.9 Å². The fourth-order valence-electron chi connectivity index (χ4n) is 1.94. The van der Waals surface area contributed by atoms with E-state index < -0.39 is 11.9 Å². The molecule has 25 heavy (non-hydrogen) atoms. The van der Waals surface area contributed by atoms with Gasteiger partial charge in [-0.2, -0.15) is 0 Å². The predicted molar refractivity (Wildman–Crippen MR) is 103 cm³/mol. The van der Waals surface area contributed by atoms with Gasteiger partial charge in [0.15, 0.2) is 6.61 Å². The van der Waals surface area contributed by atoms with Crippen LogP contribution in [0.15, 0.2) is 53.4 Å². The predicted octanol–water partition coefficient (Wildman–Crippen LogP) is 4.91. The van der Waals surface area contributed by atoms with E-state index in [0.717, 1.165) is 4.90 Å². The lowest BCUT2D eigenvalue weighted by atomic mass is 10.2. The Bertz CT molecular complexity index is 788. The van der Waals surface area contributed by atoms with E-state index in [1.54, 1.807) is 24.3 Å². The first-order chi connectivity index (χ1) is 12.0. The Morgan fingerprint density at radius 2 is 1.80 bits per heavy atom. The van der Waals surface area contributed by atoms with Gasteiger partial charge in [-0.1, -0.05) is 41.4 Å². The summed E-state index contributed by atoms with van der Waals surface area (Å²) in [5.41, 5.74) is 1.19. The van der Waals surface area contributed by atoms with Crippen LogP contribution in [-0.4, -0.2) is 24.7 Å². The van der Waals surface area contributed by atoms with Crippen molar-refractivity contribution in [2.75, 3.05) is 18.2 Å². The molecule has 0 aliphatic carbocycles. The Kier molecular flexibility index (Phi) is 7.37. The van der Waals surface area contributed by atoms with Gasteiger partial charge in [0, 0.05) is 26.6 Å². The van der Waals surface area contributed by atoms with Gasteiger partial charge in [-0.3, -0.25) is 4.79 Å². The summed E-state index contributed by atoms with van der Waals surface area (Å²) in [7, 11) is 0. The number of anilines is 1. The van der Waals surface area contributed by atoms with Gasteiger partial charge in [0.25, 0.3) is 5.91 Å². The molecule has 0 unspecified atom stereocenters. The average Bonchev–Trinajstić information content (AvgIpc) is 2.60. The first kappa shape index (κ1) is 19.4. The summed E-state index contributed by atoms with van der Waals surface area (Å²) in [6.07, 6.45) is 4.54. The number of thioether (sulfide) groups is 1. The largest absolute Gasteiger partial charge is 0.452 e. The molecule has 2 aromatic rings. The molecule has 130 valence electrons. The van der Waals surface area contributed by atoms with Crippen LogP contribution in [0.2, 0.25) is 10.0 Å². The highest BCUT2D eigenvalue weighted by Crippen LogP contribution is 2.26. The molecule has 0 aromatic heterocycles. The first-order valence-corrected chi connectivity index (χ1v) is 9.21. The number of nitrogens with one attached hydrogen (secondary N) is 1. The zero-order valence-electron chi connectivity index (χ0n) is 13.3. The zero-order chi connectivity index (χ0) is 18.2. The first-order valence-electron chi connectivity index (χ1n) is 7.23. The molecule has 0 aliphatic heterocycles. The fourth-order valence-corrected chi connectivity index (χ4v) is 3.02. The fraction of sp³-hybridized carbons (Fsp3) is 0.111. The van der Waals surface area contributed by atoms with Gasteiger partial charge in [-0.05, 0) is 36.6 Å². The second kappa shape index (κ2) is 9.51. The van der Waals surface area contributed by atoms with Crippen LogP contribution in [0.5, 0.6) is 0 Å². The minimum Gasteiger partial charge on any atom is -0.452 e. The van der Waals surface area contributed by atoms with Crippen molar-refractivity contribution in [1.82, 2.24) is 0 Å². The van der Waals surface area contributed by atoms with Gasteiger partial charge in [0.2, 0.25) is 0 Å². The van der Waals surface area contributed by atoms with Crippen molar-refractivity contribution in [2.24, 2.45) is 0 Å². The van der Waals surface area contributed by atoms with E-state index in [4.69, 9.17) is 27.9 Å². The van der Waals surface area contributed by atoms with Gasteiger partial charge < -0.3 is 10.1 Å². The van der Waals surface area contributed by atoms with Crippen LogP contribution in [0, 0.1) is 0 Å². The molecule has 0 saturated carbocycles. The molecule has 0 radical (unpaired) electrons. The number of para-hydroxylation sites is 1. The number of benzene rings is 2. The normalized spacial score (nSPS) is 10.7. The molecule has 0 fully saturated rings. The highest BCUT2D eigenvalue weighted by Gasteiger charge is 2.09. The summed E-state index contributed by atoms with van der Waals surface area (Å²) in [6, 6.07) is 12.4. The number of halogens is 2. The molecule has 0 bridgehead atoms. The number of hydrogen-bond donors (Lipinski definition) is 1. The van der Waals surface area contributed by atoms with Crippen LogP contribution in [-0.2, 0) is 14.3 Å². The molecule has 2 rings (SSSR count). The van der Waals surface area contributed by atoms with Crippen molar-refractivity contribution in [3.05, 3.63) is 64.1 Å². The van der Waals surface area contributed by atoms with Gasteiger partial charge >= 0.3 is 5.97 Å². The summed E-state index contributed by atoms with van der Waals surface area (Å²) >= 11 is 13.5. The number of rotatable bonds is 6. The number of amides is 1. The lowest BCUT2D eigenvalue weighted by Crippen LogP contribution is -2.20. The van der Waals surface area contributed by atoms with Crippen molar-refractivity contribution in [1.29, 1.82) is 0 Å². The number of hydrogen-bond acceptors (Lipinski definition) is 4. The number of carbonyl (C=O) groups is 2. The van der Waals surface area contributed by atoms with Gasteiger partial charge in [-0.15, -0.1) is 11.8 Å². The third-order valence-corrected chi connectivity index (χ3v) is 4.57. The quantitative estimate of drug-likeness (QED) is 0.428. The van der Waals surface area contributed by atoms with Crippen LogP contribution in [0.3, 0.4) is 0 Å². The van der Waals surface area contributed by atoms with Gasteiger partial charge in [0.05, 0.1) is 5.69 Å². The van der Waals surface area contributed by atoms with Crippen molar-refractivity contribution in [3.8, 4) is 0 Å². The summed E-state index contributed by atoms with van der Waals surface area (Å²) in [6.45, 7) is -0.387. The van der Waals surface area contributed by atoms with Crippen molar-refractivity contribution < 1.29 is 14.3 Å². The topological polar surface area (TPSA) is 55.4 Å². The highest BCUT2D eigenvalue weighted by atomic mass is 35.5. The molecule has 7 heteroatoms. The van der Waals surface area contributed by atoms with Gasteiger partial charge in [0.1, 0.15) is 0 Å². The van der Waals surface area contributed by atoms with Crippen molar-refractivity contribution in [2.45, 2.75) is 4.90 Å². The minimum absolute atomic E-state index is 0.387. The number of esters is 1. The molecule has 2 aromatic carbocycles. The van der Waals surface area contributed by atoms with E-state index in [2.05, 4.69) is 5.32 Å². The number of carbonyl (C=O) groups excluding carboxylic acids is 2. The van der Waals surface area contributed by atoms with E-state index in [-0.39, 0.29) is 6.61 Å². The summed E-state index contributed by atoms with van der Waals surface area (Å²) in [4.78, 5) is 24.6. The zero-order valence-corrected chi connectivity index (χ0v) is 15.6. The maximum Gasteiger partial charge on any atom is 0.331 e. The van der Waals surface area contributed by atoms with E-state index in [1.807, 2.05) is 24.5 Å². The summed E-state index contributed by atoms with van der Waals surface area (Å²) in [5.74, 6) is -1.08. The molecular weight excluding hydrogens is 381 g/mol. The Morgan fingerprint density at radius 3 is 2.48 bits per heavy atom. The van der Waals surface area contributed by atoms with Gasteiger partial charge in [-0.25, -0.2) is 4.79 Å². The molecule has 0 saturated heterocycles. The third-order valence-electron chi connectivity index (χ3n) is 3.11. The molecular formula is C18H15Cl2NO3S. The second-order valence-electron chi connectivity index (χ2n) is 4.82. The van der Waals surface area contributed by atoms with Crippen molar-refractivity contribution >= 4 is 58.6 Å².